The summed E-state index contributed by atoms with van der Waals surface area (Å²) in [6.45, 7) is 20.5. The third kappa shape index (κ3) is 19.8. The van der Waals surface area contributed by atoms with E-state index < -0.39 is 11.9 Å². The summed E-state index contributed by atoms with van der Waals surface area (Å²) in [6, 6.07) is 67.0. The number of anilines is 4. The first-order valence-corrected chi connectivity index (χ1v) is 45.9. The van der Waals surface area contributed by atoms with E-state index in [4.69, 9.17) is 50.7 Å². The highest BCUT2D eigenvalue weighted by atomic mass is 35.5. The summed E-state index contributed by atoms with van der Waals surface area (Å²) in [5.41, 5.74) is 18.2. The minimum atomic E-state index is -1.10. The summed E-state index contributed by atoms with van der Waals surface area (Å²) in [4.78, 5) is 157. The topological polar surface area (TPSA) is 383 Å². The molecule has 0 unspecified atom stereocenters. The predicted molar refractivity (Wildman–Crippen MR) is 527 cm³/mol. The Bertz CT molecular complexity index is 7650. The molecule has 0 saturated carbocycles. The number of carboxylic acids is 2. The highest BCUT2D eigenvalue weighted by Gasteiger charge is 2.36. The SMILES string of the molecule is CC(C)n1ccnc1-c1cccc(N2Cc3ccc(-c4cc(C(=O)O)ccc4CO)cc3C2=O)n1.CC(C)n1ccnc1-c1cccc(N2Cc3ccc(-c4ccc(Cl)c(C(=O)O)c4)cc3C2=O)n1.CC(C)n1ccnc1-c1cccc(N2Cc3ccc(-c4ccc5cc[nH]c5c4)cc3C2=O)n1.CCc1sccc1-c1ccc2c(c1)C(=O)N(c1cccc(-c3nccn3C(C)C)n1)C2.O=C=O.O=C=O. The van der Waals surface area contributed by atoms with Crippen LogP contribution in [0.4, 0.5) is 23.3 Å². The van der Waals surface area contributed by atoms with Gasteiger partial charge in [-0.3, -0.25) is 38.8 Å². The van der Waals surface area contributed by atoms with E-state index in [2.05, 4.69) is 156 Å². The van der Waals surface area contributed by atoms with Gasteiger partial charge in [0.1, 0.15) is 46.0 Å². The Hall–Kier alpha value is -17.0. The van der Waals surface area contributed by atoms with Gasteiger partial charge in [-0.05, 0) is 260 Å². The molecule has 0 radical (unpaired) electrons. The number of aliphatic hydroxyl groups excluding tert-OH is 1. The Morgan fingerprint density at radius 1 is 0.403 bits per heavy atom. The van der Waals surface area contributed by atoms with Crippen LogP contribution in [0.15, 0.2) is 273 Å². The van der Waals surface area contributed by atoms with Crippen LogP contribution < -0.4 is 19.6 Å². The summed E-state index contributed by atoms with van der Waals surface area (Å²) in [5, 5.41) is 32.0. The lowest BCUT2D eigenvalue weighted by atomic mass is 9.95. The van der Waals surface area contributed by atoms with Crippen molar-refractivity contribution in [2.75, 3.05) is 19.6 Å². The average molecular weight is 1890 g/mol. The fraction of sp³-hybridized carbons (Fsp3) is 0.178. The molecule has 0 bridgehead atoms. The molecule has 0 spiro atoms. The molecule has 139 heavy (non-hydrogen) atoms. The van der Waals surface area contributed by atoms with Crippen molar-refractivity contribution < 1.29 is 63.3 Å². The number of rotatable bonds is 20. The molecular weight excluding hydrogens is 1800 g/mol. The van der Waals surface area contributed by atoms with Crippen molar-refractivity contribution in [1.29, 1.82) is 0 Å². The van der Waals surface area contributed by atoms with Gasteiger partial charge in [-0.1, -0.05) is 116 Å². The van der Waals surface area contributed by atoms with Crippen molar-refractivity contribution in [3.63, 3.8) is 0 Å². The number of aromatic carboxylic acids is 2. The van der Waals surface area contributed by atoms with E-state index in [1.807, 2.05) is 143 Å². The molecule has 4 aliphatic rings. The van der Waals surface area contributed by atoms with E-state index >= 15 is 0 Å². The van der Waals surface area contributed by atoms with Crippen molar-refractivity contribution in [2.45, 2.75) is 126 Å². The second kappa shape index (κ2) is 41.5. The number of imidazole rings is 4. The zero-order valence-electron chi connectivity index (χ0n) is 76.9. The smallest absolute Gasteiger partial charge is 0.373 e. The number of carbonyl (C=O) groups is 6. The van der Waals surface area contributed by atoms with Gasteiger partial charge in [0, 0.05) is 113 Å². The van der Waals surface area contributed by atoms with Gasteiger partial charge in [-0.15, -0.1) is 11.3 Å². The van der Waals surface area contributed by atoms with Crippen molar-refractivity contribution in [3.05, 3.63) is 345 Å². The van der Waals surface area contributed by atoms with Crippen LogP contribution in [0.1, 0.15) is 181 Å². The molecule has 14 heterocycles. The number of hydrogen-bond donors (Lipinski definition) is 4. The Labute approximate surface area is 806 Å². The van der Waals surface area contributed by atoms with Gasteiger partial charge in [-0.2, -0.15) is 19.2 Å². The van der Waals surface area contributed by atoms with Crippen LogP contribution in [-0.4, -0.2) is 126 Å². The Balaban J connectivity index is 0.000000131. The Morgan fingerprint density at radius 2 is 0.748 bits per heavy atom. The lowest BCUT2D eigenvalue weighted by Gasteiger charge is -2.16. The molecule has 4 N–H and O–H groups in total. The van der Waals surface area contributed by atoms with Crippen molar-refractivity contribution in [1.82, 2.24) is 63.1 Å². The Morgan fingerprint density at radius 3 is 1.11 bits per heavy atom. The number of nitrogens with one attached hydrogen (secondary N) is 1. The Kier molecular flexibility index (Phi) is 28.4. The fourth-order valence-corrected chi connectivity index (χ4v) is 18.3. The van der Waals surface area contributed by atoms with Crippen molar-refractivity contribution in [3.8, 4) is 90.6 Å². The third-order valence-electron chi connectivity index (χ3n) is 24.1. The lowest BCUT2D eigenvalue weighted by Crippen LogP contribution is -2.24. The van der Waals surface area contributed by atoms with Crippen LogP contribution in [0.25, 0.3) is 101 Å². The van der Waals surface area contributed by atoms with Gasteiger partial charge >= 0.3 is 24.2 Å². The number of aliphatic hydroxyl groups is 1. The second-order valence-electron chi connectivity index (χ2n) is 34.0. The number of thiophene rings is 1. The molecule has 21 rings (SSSR count). The number of aryl methyl sites for hydroxylation is 1. The molecule has 30 nitrogen and oxygen atoms in total. The number of hydrogen-bond acceptors (Lipinski definition) is 20. The number of aromatic amines is 1. The molecule has 17 aromatic rings. The van der Waals surface area contributed by atoms with Gasteiger partial charge in [0.05, 0.1) is 48.9 Å². The molecule has 0 aliphatic carbocycles. The van der Waals surface area contributed by atoms with Crippen molar-refractivity contribution >= 4 is 105 Å². The monoisotopic (exact) mass is 1890 g/mol. The molecule has 4 amide bonds. The number of H-pyrrole nitrogens is 1. The molecule has 0 atom stereocenters. The number of amides is 4. The average Bonchev–Trinajstić information content (AvgIpc) is 1.64. The number of benzene rings is 7. The van der Waals surface area contributed by atoms with Gasteiger partial charge in [0.25, 0.3) is 23.6 Å². The first-order valence-electron chi connectivity index (χ1n) is 44.6. The molecule has 32 heteroatoms. The molecule has 0 fully saturated rings. The summed E-state index contributed by atoms with van der Waals surface area (Å²) in [6.07, 6.45) is 18.2. The molecule has 0 saturated heterocycles. The maximum absolute atomic E-state index is 13.4. The van der Waals surface area contributed by atoms with E-state index in [9.17, 15) is 44.1 Å². The number of nitrogens with zero attached hydrogens (tertiary/aromatic N) is 16. The van der Waals surface area contributed by atoms with Crippen LogP contribution >= 0.6 is 22.9 Å². The van der Waals surface area contributed by atoms with E-state index in [1.165, 1.54) is 34.0 Å². The van der Waals surface area contributed by atoms with Crippen LogP contribution in [0.3, 0.4) is 0 Å². The number of carboxylic acid groups (broad SMARTS) is 2. The standard InChI is InChI=1S/C27H23N5O.C27H24N4O4.C26H21ClN4O3.C25H24N4OS.2CO2/c1-17(2)31-13-12-29-26(31)23-4-3-5-25(30-23)32-16-21-9-8-19(14-22(21)27(32)33)20-7-6-18-10-11-28-24(18)15-20;1-16(2)30-11-10-28-25(30)23-4-3-5-24(29-23)31-14-19-8-6-17(12-22(19)26(31)33)21-13-18(27(34)35)7-9-20(21)15-32;1-15(2)30-11-10-28-24(30)22-4-3-5-23(29-22)31-14-18-7-6-16(12-19(18)25(31)32)17-8-9-21(27)20(13-17)26(33)34;1-4-22-19(10-13-31-22)17-8-9-18-15-29(25(30)20(18)14-17)23-7-5-6-21(27-23)24-26-11-12-28(24)16(2)3;2*2-1-3/h3-15,17,28H,16H2,1-2H3;3-13,16,32H,14-15H2,1-2H3,(H,34,35);3-13,15H,14H2,1-2H3,(H,33,34);5-14,16H,4,15H2,1-3H3;;. The van der Waals surface area contributed by atoms with Gasteiger partial charge in [-0.25, -0.2) is 49.5 Å². The van der Waals surface area contributed by atoms with Gasteiger partial charge in [0.2, 0.25) is 0 Å². The predicted octanol–water partition coefficient (Wildman–Crippen LogP) is 20.9. The number of carbonyl (C=O) groups excluding carboxylic acids is 8. The van der Waals surface area contributed by atoms with Crippen molar-refractivity contribution in [2.24, 2.45) is 0 Å². The largest absolute Gasteiger partial charge is 0.478 e. The molecule has 7 aromatic carbocycles. The van der Waals surface area contributed by atoms with E-state index in [0.29, 0.717) is 94.2 Å². The van der Waals surface area contributed by atoms with E-state index in [1.54, 1.807) is 92.1 Å². The van der Waals surface area contributed by atoms with E-state index in [0.717, 1.165) is 102 Å². The highest BCUT2D eigenvalue weighted by Crippen LogP contribution is 2.41. The number of aromatic nitrogens is 13. The van der Waals surface area contributed by atoms with E-state index in [-0.39, 0.29) is 82.9 Å². The maximum atomic E-state index is 13.4. The number of halogens is 1. The van der Waals surface area contributed by atoms with Crippen LogP contribution in [0.5, 0.6) is 0 Å². The second-order valence-corrected chi connectivity index (χ2v) is 35.4. The lowest BCUT2D eigenvalue weighted by molar-refractivity contribution is -0.193. The summed E-state index contributed by atoms with van der Waals surface area (Å²) in [5.74, 6) is 2.98. The maximum Gasteiger partial charge on any atom is 0.373 e. The molecular formula is C107H92ClN17O13S. The highest BCUT2D eigenvalue weighted by molar-refractivity contribution is 7.10. The zero-order chi connectivity index (χ0) is 98.1. The zero-order valence-corrected chi connectivity index (χ0v) is 78.5. The fourth-order valence-electron chi connectivity index (χ4n) is 17.2. The molecule has 696 valence electrons. The normalized spacial score (nSPS) is 12.7. The minimum Gasteiger partial charge on any atom is -0.478 e. The first kappa shape index (κ1) is 95.2. The van der Waals surface area contributed by atoms with Crippen LogP contribution in [0, 0.1) is 0 Å². The number of fused-ring (bicyclic) bond motifs is 5. The van der Waals surface area contributed by atoms with Crippen LogP contribution in [0.2, 0.25) is 5.02 Å². The summed E-state index contributed by atoms with van der Waals surface area (Å²) in [7, 11) is 0. The minimum absolute atomic E-state index is 0.00183. The molecule has 10 aromatic heterocycles. The summed E-state index contributed by atoms with van der Waals surface area (Å²) >= 11 is 7.77. The number of pyridine rings is 4. The third-order valence-corrected chi connectivity index (χ3v) is 25.5. The molecule has 4 aliphatic heterocycles. The quantitative estimate of drug-likeness (QED) is 0.0550. The summed E-state index contributed by atoms with van der Waals surface area (Å²) < 4.78 is 8.24. The van der Waals surface area contributed by atoms with Gasteiger partial charge in [0.15, 0.2) is 23.3 Å². The first-order chi connectivity index (χ1) is 67.2. The van der Waals surface area contributed by atoms with Crippen LogP contribution in [-0.2, 0) is 58.4 Å². The van der Waals surface area contributed by atoms with Gasteiger partial charge < -0.3 is 38.6 Å².